The van der Waals surface area contributed by atoms with Crippen LogP contribution in [0, 0.1) is 17.3 Å². The summed E-state index contributed by atoms with van der Waals surface area (Å²) in [6.45, 7) is 4.50. The van der Waals surface area contributed by atoms with E-state index in [1.54, 1.807) is 0 Å². The van der Waals surface area contributed by atoms with Crippen molar-refractivity contribution in [2.75, 3.05) is 5.33 Å². The van der Waals surface area contributed by atoms with Crippen LogP contribution in [0.3, 0.4) is 0 Å². The van der Waals surface area contributed by atoms with Crippen molar-refractivity contribution in [1.29, 1.82) is 0 Å². The fourth-order valence-corrected chi connectivity index (χ4v) is 4.68. The van der Waals surface area contributed by atoms with E-state index in [0.717, 1.165) is 17.2 Å². The van der Waals surface area contributed by atoms with Crippen molar-refractivity contribution in [3.63, 3.8) is 0 Å². The van der Waals surface area contributed by atoms with Gasteiger partial charge in [-0.2, -0.15) is 5.10 Å². The highest BCUT2D eigenvalue weighted by atomic mass is 79.9. The van der Waals surface area contributed by atoms with Gasteiger partial charge in [0, 0.05) is 11.5 Å². The lowest BCUT2D eigenvalue weighted by Crippen LogP contribution is -2.24. The summed E-state index contributed by atoms with van der Waals surface area (Å²) in [7, 11) is 0. The van der Waals surface area contributed by atoms with Gasteiger partial charge in [-0.1, -0.05) is 29.8 Å². The van der Waals surface area contributed by atoms with Crippen molar-refractivity contribution in [2.24, 2.45) is 17.3 Å². The van der Waals surface area contributed by atoms with Crippen LogP contribution in [0.15, 0.2) is 12.3 Å². The van der Waals surface area contributed by atoms with Crippen LogP contribution in [0.25, 0.3) is 0 Å². The zero-order valence-electron chi connectivity index (χ0n) is 12.1. The quantitative estimate of drug-likeness (QED) is 0.699. The highest BCUT2D eigenvalue weighted by molar-refractivity contribution is 9.09. The van der Waals surface area contributed by atoms with Gasteiger partial charge in [-0.3, -0.25) is 4.68 Å². The van der Waals surface area contributed by atoms with Crippen LogP contribution in [-0.4, -0.2) is 15.1 Å². The number of hydrogen-bond donors (Lipinski definition) is 0. The Hall–Kier alpha value is -0.310. The zero-order valence-corrected chi connectivity index (χ0v) is 13.7. The Balaban J connectivity index is 1.69. The SMILES string of the molecule is CCC(CC)n1ccc(CC2(CBr)CC3CC3C2)n1. The summed E-state index contributed by atoms with van der Waals surface area (Å²) in [6, 6.07) is 2.82. The molecule has 19 heavy (non-hydrogen) atoms. The van der Waals surface area contributed by atoms with E-state index in [1.807, 2.05) is 0 Å². The molecule has 2 nitrogen and oxygen atoms in total. The molecular weight excluding hydrogens is 300 g/mol. The molecule has 1 heterocycles. The summed E-state index contributed by atoms with van der Waals surface area (Å²) in [6.07, 6.45) is 10.0. The first kappa shape index (κ1) is 13.7. The molecule has 0 aromatic carbocycles. The van der Waals surface area contributed by atoms with Crippen LogP contribution in [0.4, 0.5) is 0 Å². The highest BCUT2D eigenvalue weighted by Gasteiger charge is 2.53. The molecular formula is C16H25BrN2. The maximum absolute atomic E-state index is 4.84. The zero-order chi connectivity index (χ0) is 13.5. The van der Waals surface area contributed by atoms with Gasteiger partial charge < -0.3 is 0 Å². The summed E-state index contributed by atoms with van der Waals surface area (Å²) >= 11 is 3.77. The molecule has 0 aliphatic heterocycles. The molecule has 3 rings (SSSR count). The summed E-state index contributed by atoms with van der Waals surface area (Å²) in [4.78, 5) is 0. The number of rotatable bonds is 6. The largest absolute Gasteiger partial charge is 0.269 e. The molecule has 0 N–H and O–H groups in total. The summed E-state index contributed by atoms with van der Waals surface area (Å²) in [5.74, 6) is 2.08. The highest BCUT2D eigenvalue weighted by Crippen LogP contribution is 2.61. The van der Waals surface area contributed by atoms with E-state index in [4.69, 9.17) is 5.10 Å². The Labute approximate surface area is 125 Å². The van der Waals surface area contributed by atoms with E-state index in [-0.39, 0.29) is 0 Å². The lowest BCUT2D eigenvalue weighted by molar-refractivity contribution is 0.302. The fourth-order valence-electron chi connectivity index (χ4n) is 4.03. The Morgan fingerprint density at radius 2 is 2.05 bits per heavy atom. The Morgan fingerprint density at radius 3 is 2.63 bits per heavy atom. The fraction of sp³-hybridized carbons (Fsp3) is 0.812. The third-order valence-electron chi connectivity index (χ3n) is 5.28. The van der Waals surface area contributed by atoms with E-state index >= 15 is 0 Å². The van der Waals surface area contributed by atoms with Crippen LogP contribution in [0.2, 0.25) is 0 Å². The van der Waals surface area contributed by atoms with E-state index in [1.165, 1.54) is 44.2 Å². The topological polar surface area (TPSA) is 17.8 Å². The van der Waals surface area contributed by atoms with Crippen molar-refractivity contribution >= 4 is 15.9 Å². The third kappa shape index (κ3) is 2.63. The first-order chi connectivity index (χ1) is 9.19. The Kier molecular flexibility index (Phi) is 3.76. The van der Waals surface area contributed by atoms with E-state index in [9.17, 15) is 0 Å². The lowest BCUT2D eigenvalue weighted by atomic mass is 9.81. The number of fused-ring (bicyclic) bond motifs is 1. The predicted octanol–water partition coefficient (Wildman–Crippen LogP) is 4.60. The van der Waals surface area contributed by atoms with Crippen LogP contribution in [0.1, 0.15) is 57.7 Å². The van der Waals surface area contributed by atoms with Crippen LogP contribution in [-0.2, 0) is 6.42 Å². The van der Waals surface area contributed by atoms with Crippen molar-refractivity contribution < 1.29 is 0 Å². The van der Waals surface area contributed by atoms with Gasteiger partial charge in [0.05, 0.1) is 11.7 Å². The second-order valence-corrected chi connectivity index (χ2v) is 7.29. The number of alkyl halides is 1. The van der Waals surface area contributed by atoms with Gasteiger partial charge in [-0.25, -0.2) is 0 Å². The molecule has 2 aliphatic carbocycles. The number of halogens is 1. The summed E-state index contributed by atoms with van der Waals surface area (Å²) in [5.41, 5.74) is 1.80. The van der Waals surface area contributed by atoms with Gasteiger partial charge in [0.1, 0.15) is 0 Å². The van der Waals surface area contributed by atoms with E-state index in [2.05, 4.69) is 46.7 Å². The first-order valence-electron chi connectivity index (χ1n) is 7.79. The van der Waals surface area contributed by atoms with Crippen molar-refractivity contribution in [2.45, 2.75) is 58.4 Å². The minimum atomic E-state index is 0.501. The van der Waals surface area contributed by atoms with E-state index in [0.29, 0.717) is 11.5 Å². The molecule has 3 heteroatoms. The Morgan fingerprint density at radius 1 is 1.37 bits per heavy atom. The molecule has 0 radical (unpaired) electrons. The number of hydrogen-bond acceptors (Lipinski definition) is 1. The normalized spacial score (nSPS) is 32.8. The molecule has 2 aliphatic rings. The van der Waals surface area contributed by atoms with Crippen LogP contribution >= 0.6 is 15.9 Å². The molecule has 1 aromatic heterocycles. The molecule has 2 unspecified atom stereocenters. The second-order valence-electron chi connectivity index (χ2n) is 6.73. The van der Waals surface area contributed by atoms with Crippen LogP contribution in [0.5, 0.6) is 0 Å². The van der Waals surface area contributed by atoms with E-state index < -0.39 is 0 Å². The Bertz CT molecular complexity index is 426. The maximum atomic E-state index is 4.84. The first-order valence-corrected chi connectivity index (χ1v) is 8.92. The lowest BCUT2D eigenvalue weighted by Gasteiger charge is -2.27. The average molecular weight is 325 g/mol. The van der Waals surface area contributed by atoms with Gasteiger partial charge >= 0.3 is 0 Å². The minimum absolute atomic E-state index is 0.501. The molecule has 1 aromatic rings. The molecule has 0 saturated heterocycles. The standard InChI is InChI=1S/C16H25BrN2/c1-3-15(4-2)19-6-5-14(18-19)10-16(11-17)8-12-7-13(12)9-16/h5-6,12-13,15H,3-4,7-11H2,1-2H3. The molecule has 2 atom stereocenters. The average Bonchev–Trinajstić information content (AvgIpc) is 2.85. The molecule has 106 valence electrons. The third-order valence-corrected chi connectivity index (χ3v) is 6.47. The summed E-state index contributed by atoms with van der Waals surface area (Å²) < 4.78 is 2.19. The van der Waals surface area contributed by atoms with Crippen LogP contribution < -0.4 is 0 Å². The molecule has 2 saturated carbocycles. The molecule has 0 bridgehead atoms. The van der Waals surface area contributed by atoms with Gasteiger partial charge in [0.2, 0.25) is 0 Å². The van der Waals surface area contributed by atoms with Gasteiger partial charge in [0.25, 0.3) is 0 Å². The maximum Gasteiger partial charge on any atom is 0.0630 e. The molecule has 2 fully saturated rings. The van der Waals surface area contributed by atoms with Gasteiger partial charge in [0.15, 0.2) is 0 Å². The van der Waals surface area contributed by atoms with Crippen molar-refractivity contribution in [1.82, 2.24) is 9.78 Å². The number of aromatic nitrogens is 2. The van der Waals surface area contributed by atoms with Crippen molar-refractivity contribution in [3.05, 3.63) is 18.0 Å². The smallest absolute Gasteiger partial charge is 0.0630 e. The predicted molar refractivity (Wildman–Crippen MR) is 82.6 cm³/mol. The second kappa shape index (κ2) is 5.23. The summed E-state index contributed by atoms with van der Waals surface area (Å²) in [5, 5.41) is 5.99. The van der Waals surface area contributed by atoms with Gasteiger partial charge in [-0.05, 0) is 61.8 Å². The van der Waals surface area contributed by atoms with Crippen molar-refractivity contribution in [3.8, 4) is 0 Å². The minimum Gasteiger partial charge on any atom is -0.269 e. The molecule has 0 amide bonds. The number of nitrogens with zero attached hydrogens (tertiary/aromatic N) is 2. The monoisotopic (exact) mass is 324 g/mol. The molecule has 0 spiro atoms. The van der Waals surface area contributed by atoms with Gasteiger partial charge in [-0.15, -0.1) is 0 Å².